The summed E-state index contributed by atoms with van der Waals surface area (Å²) in [6.07, 6.45) is 6.32. The molecule has 0 aliphatic carbocycles. The van der Waals surface area contributed by atoms with Crippen molar-refractivity contribution in [2.24, 2.45) is 11.8 Å². The molecular weight excluding hydrogens is 108 g/mol. The fourth-order valence-electron chi connectivity index (χ4n) is 0.476. The standard InChI is InChI=1S/C9H16/c1-5-9(4)7-6-8(2)3/h5-9H,1H2,2-4H3. The number of hydrogen-bond acceptors (Lipinski definition) is 0. The van der Waals surface area contributed by atoms with E-state index in [1.165, 1.54) is 0 Å². The Morgan fingerprint density at radius 2 is 1.67 bits per heavy atom. The van der Waals surface area contributed by atoms with Crippen molar-refractivity contribution >= 4 is 0 Å². The van der Waals surface area contributed by atoms with Gasteiger partial charge in [-0.1, -0.05) is 39.0 Å². The molecule has 0 heterocycles. The summed E-state index contributed by atoms with van der Waals surface area (Å²) in [6.45, 7) is 10.2. The molecule has 9 heavy (non-hydrogen) atoms. The van der Waals surface area contributed by atoms with Crippen LogP contribution in [0.4, 0.5) is 0 Å². The minimum atomic E-state index is 0.521. The van der Waals surface area contributed by atoms with Gasteiger partial charge in [-0.3, -0.25) is 0 Å². The maximum Gasteiger partial charge on any atom is -0.00845 e. The second-order valence-electron chi connectivity index (χ2n) is 2.72. The molecule has 0 aromatic heterocycles. The van der Waals surface area contributed by atoms with Gasteiger partial charge in [0.15, 0.2) is 0 Å². The van der Waals surface area contributed by atoms with Crippen LogP contribution in [0.3, 0.4) is 0 Å². The van der Waals surface area contributed by atoms with E-state index in [0.717, 1.165) is 0 Å². The first-order chi connectivity index (χ1) is 4.16. The second-order valence-corrected chi connectivity index (χ2v) is 2.72. The van der Waals surface area contributed by atoms with E-state index in [2.05, 4.69) is 39.5 Å². The minimum absolute atomic E-state index is 0.521. The van der Waals surface area contributed by atoms with E-state index in [1.807, 2.05) is 6.08 Å². The molecule has 0 bridgehead atoms. The lowest BCUT2D eigenvalue weighted by Gasteiger charge is -1.97. The molecule has 0 N–H and O–H groups in total. The van der Waals surface area contributed by atoms with Crippen LogP contribution in [0.25, 0.3) is 0 Å². The van der Waals surface area contributed by atoms with Crippen LogP contribution in [0.5, 0.6) is 0 Å². The molecule has 0 aromatic carbocycles. The van der Waals surface area contributed by atoms with Crippen molar-refractivity contribution in [2.45, 2.75) is 20.8 Å². The summed E-state index contributed by atoms with van der Waals surface area (Å²) < 4.78 is 0. The highest BCUT2D eigenvalue weighted by atomic mass is 13.9. The molecule has 0 saturated carbocycles. The van der Waals surface area contributed by atoms with Gasteiger partial charge in [-0.05, 0) is 11.8 Å². The lowest BCUT2D eigenvalue weighted by molar-refractivity contribution is 0.811. The third kappa shape index (κ3) is 5.35. The first kappa shape index (κ1) is 8.48. The molecular formula is C9H16. The molecule has 0 aliphatic rings. The number of allylic oxidation sites excluding steroid dienone is 3. The average molecular weight is 124 g/mol. The van der Waals surface area contributed by atoms with Crippen LogP contribution in [-0.4, -0.2) is 0 Å². The highest BCUT2D eigenvalue weighted by Crippen LogP contribution is 2.01. The normalized spacial score (nSPS) is 14.7. The van der Waals surface area contributed by atoms with E-state index >= 15 is 0 Å². The summed E-state index contributed by atoms with van der Waals surface area (Å²) in [7, 11) is 0. The minimum Gasteiger partial charge on any atom is -0.102 e. The van der Waals surface area contributed by atoms with Crippen molar-refractivity contribution < 1.29 is 0 Å². The van der Waals surface area contributed by atoms with E-state index in [0.29, 0.717) is 11.8 Å². The van der Waals surface area contributed by atoms with Gasteiger partial charge in [-0.2, -0.15) is 0 Å². The maximum absolute atomic E-state index is 3.69. The summed E-state index contributed by atoms with van der Waals surface area (Å²) in [6, 6.07) is 0. The highest BCUT2D eigenvalue weighted by molar-refractivity contribution is 4.95. The molecule has 52 valence electrons. The van der Waals surface area contributed by atoms with Gasteiger partial charge in [0.2, 0.25) is 0 Å². The van der Waals surface area contributed by atoms with Crippen LogP contribution in [0, 0.1) is 11.8 Å². The quantitative estimate of drug-likeness (QED) is 0.507. The predicted molar refractivity (Wildman–Crippen MR) is 43.3 cm³/mol. The molecule has 0 saturated heterocycles. The molecule has 1 atom stereocenters. The fourth-order valence-corrected chi connectivity index (χ4v) is 0.476. The first-order valence-corrected chi connectivity index (χ1v) is 3.47. The molecule has 0 spiro atoms. The highest BCUT2D eigenvalue weighted by Gasteiger charge is 1.87. The molecule has 0 amide bonds. The Morgan fingerprint density at radius 1 is 1.11 bits per heavy atom. The van der Waals surface area contributed by atoms with Crippen LogP contribution in [0.15, 0.2) is 24.8 Å². The van der Waals surface area contributed by atoms with Gasteiger partial charge in [-0.25, -0.2) is 0 Å². The molecule has 0 aliphatic heterocycles. The summed E-state index contributed by atoms with van der Waals surface area (Å²) in [5.41, 5.74) is 0. The Hall–Kier alpha value is -0.520. The van der Waals surface area contributed by atoms with Crippen molar-refractivity contribution in [2.75, 3.05) is 0 Å². The SMILES string of the molecule is C=CC(C)C=CC(C)C. The topological polar surface area (TPSA) is 0 Å². The summed E-state index contributed by atoms with van der Waals surface area (Å²) in [5.74, 6) is 1.18. The largest absolute Gasteiger partial charge is 0.102 e. The van der Waals surface area contributed by atoms with Gasteiger partial charge in [0.05, 0.1) is 0 Å². The van der Waals surface area contributed by atoms with E-state index in [4.69, 9.17) is 0 Å². The summed E-state index contributed by atoms with van der Waals surface area (Å²) in [4.78, 5) is 0. The smallest absolute Gasteiger partial charge is 0.00845 e. The Balaban J connectivity index is 3.56. The van der Waals surface area contributed by atoms with Gasteiger partial charge in [0, 0.05) is 0 Å². The number of rotatable bonds is 3. The average Bonchev–Trinajstić information content (AvgIpc) is 1.83. The van der Waals surface area contributed by atoms with Crippen LogP contribution < -0.4 is 0 Å². The van der Waals surface area contributed by atoms with E-state index in [9.17, 15) is 0 Å². The van der Waals surface area contributed by atoms with Gasteiger partial charge in [0.1, 0.15) is 0 Å². The monoisotopic (exact) mass is 124 g/mol. The van der Waals surface area contributed by atoms with Crippen LogP contribution in [0.1, 0.15) is 20.8 Å². The van der Waals surface area contributed by atoms with Crippen LogP contribution in [-0.2, 0) is 0 Å². The van der Waals surface area contributed by atoms with Gasteiger partial charge >= 0.3 is 0 Å². The van der Waals surface area contributed by atoms with Gasteiger partial charge in [-0.15, -0.1) is 6.58 Å². The van der Waals surface area contributed by atoms with E-state index in [-0.39, 0.29) is 0 Å². The molecule has 0 aromatic rings. The lowest BCUT2D eigenvalue weighted by atomic mass is 10.1. The molecule has 0 heteroatoms. The molecule has 1 unspecified atom stereocenters. The Labute approximate surface area is 58.3 Å². The third-order valence-electron chi connectivity index (χ3n) is 1.17. The zero-order chi connectivity index (χ0) is 7.28. The van der Waals surface area contributed by atoms with Crippen molar-refractivity contribution in [1.82, 2.24) is 0 Å². The molecule has 0 fully saturated rings. The predicted octanol–water partition coefficient (Wildman–Crippen LogP) is 3.02. The van der Waals surface area contributed by atoms with Gasteiger partial charge in [0.25, 0.3) is 0 Å². The van der Waals surface area contributed by atoms with Crippen LogP contribution in [0.2, 0.25) is 0 Å². The second kappa shape index (κ2) is 4.37. The fraction of sp³-hybridized carbons (Fsp3) is 0.556. The van der Waals surface area contributed by atoms with Crippen molar-refractivity contribution in [3.05, 3.63) is 24.8 Å². The number of hydrogen-bond donors (Lipinski definition) is 0. The Bertz CT molecular complexity index is 98.6. The van der Waals surface area contributed by atoms with Crippen molar-refractivity contribution in [1.29, 1.82) is 0 Å². The summed E-state index contributed by atoms with van der Waals surface area (Å²) in [5, 5.41) is 0. The zero-order valence-corrected chi connectivity index (χ0v) is 6.59. The van der Waals surface area contributed by atoms with E-state index < -0.39 is 0 Å². The molecule has 0 rings (SSSR count). The third-order valence-corrected chi connectivity index (χ3v) is 1.17. The summed E-state index contributed by atoms with van der Waals surface area (Å²) >= 11 is 0. The molecule has 0 nitrogen and oxygen atoms in total. The lowest BCUT2D eigenvalue weighted by Crippen LogP contribution is -1.83. The Kier molecular flexibility index (Phi) is 4.12. The van der Waals surface area contributed by atoms with Gasteiger partial charge < -0.3 is 0 Å². The van der Waals surface area contributed by atoms with Crippen LogP contribution >= 0.6 is 0 Å². The van der Waals surface area contributed by atoms with Crippen molar-refractivity contribution in [3.63, 3.8) is 0 Å². The molecule has 0 radical (unpaired) electrons. The Morgan fingerprint density at radius 3 is 2.00 bits per heavy atom. The maximum atomic E-state index is 3.69. The van der Waals surface area contributed by atoms with Crippen molar-refractivity contribution in [3.8, 4) is 0 Å². The zero-order valence-electron chi connectivity index (χ0n) is 6.59. The van der Waals surface area contributed by atoms with E-state index in [1.54, 1.807) is 0 Å². The first-order valence-electron chi connectivity index (χ1n) is 3.47.